The van der Waals surface area contributed by atoms with Gasteiger partial charge in [0.25, 0.3) is 5.69 Å². The molecule has 8 heteroatoms. The molecule has 2 aromatic carbocycles. The number of amides is 1. The average molecular weight is 384 g/mol. The molecule has 0 radical (unpaired) electrons. The number of esters is 1. The fraction of sp³-hybridized carbons (Fsp3) is 0.250. The number of carbonyl (C=O) groups excluding carboxylic acids is 3. The highest BCUT2D eigenvalue weighted by atomic mass is 16.6. The lowest BCUT2D eigenvalue weighted by Crippen LogP contribution is -2.18. The maximum absolute atomic E-state index is 12.2. The van der Waals surface area contributed by atoms with Crippen molar-refractivity contribution in [1.29, 1.82) is 0 Å². The van der Waals surface area contributed by atoms with E-state index in [4.69, 9.17) is 4.74 Å². The number of ether oxygens (including phenoxy) is 1. The molecule has 0 aliphatic heterocycles. The van der Waals surface area contributed by atoms with Crippen LogP contribution in [0.3, 0.4) is 0 Å². The predicted octanol–water partition coefficient (Wildman–Crippen LogP) is 3.54. The van der Waals surface area contributed by atoms with E-state index in [1.54, 1.807) is 39.0 Å². The number of carbonyl (C=O) groups is 3. The highest BCUT2D eigenvalue weighted by molar-refractivity contribution is 6.01. The van der Waals surface area contributed by atoms with Gasteiger partial charge in [-0.05, 0) is 36.8 Å². The van der Waals surface area contributed by atoms with Crippen LogP contribution in [0.4, 0.5) is 11.4 Å². The van der Waals surface area contributed by atoms with Gasteiger partial charge in [0.1, 0.15) is 5.56 Å². The van der Waals surface area contributed by atoms with E-state index >= 15 is 0 Å². The molecule has 28 heavy (non-hydrogen) atoms. The average Bonchev–Trinajstić information content (AvgIpc) is 2.66. The van der Waals surface area contributed by atoms with Gasteiger partial charge >= 0.3 is 5.97 Å². The predicted molar refractivity (Wildman–Crippen MR) is 102 cm³/mol. The van der Waals surface area contributed by atoms with E-state index in [1.807, 2.05) is 0 Å². The summed E-state index contributed by atoms with van der Waals surface area (Å²) in [4.78, 5) is 46.5. The number of nitrogens with one attached hydrogen (secondary N) is 1. The van der Waals surface area contributed by atoms with Gasteiger partial charge in [-0.2, -0.15) is 0 Å². The lowest BCUT2D eigenvalue weighted by atomic mass is 10.1. The van der Waals surface area contributed by atoms with Gasteiger partial charge in [0.15, 0.2) is 12.4 Å². The number of aryl methyl sites for hydroxylation is 1. The van der Waals surface area contributed by atoms with Crippen LogP contribution < -0.4 is 5.32 Å². The van der Waals surface area contributed by atoms with Gasteiger partial charge in [-0.25, -0.2) is 4.79 Å². The van der Waals surface area contributed by atoms with Gasteiger partial charge < -0.3 is 10.1 Å². The molecule has 0 spiro atoms. The molecule has 1 amide bonds. The molecule has 146 valence electrons. The van der Waals surface area contributed by atoms with Crippen LogP contribution in [0.1, 0.15) is 40.1 Å². The van der Waals surface area contributed by atoms with Gasteiger partial charge in [0.2, 0.25) is 5.91 Å². The van der Waals surface area contributed by atoms with Crippen LogP contribution in [-0.4, -0.2) is 29.2 Å². The first kappa shape index (κ1) is 20.8. The molecule has 0 aromatic heterocycles. The van der Waals surface area contributed by atoms with Crippen LogP contribution in [0.5, 0.6) is 0 Å². The smallest absolute Gasteiger partial charge is 0.345 e. The van der Waals surface area contributed by atoms with Crippen molar-refractivity contribution in [3.05, 3.63) is 69.3 Å². The summed E-state index contributed by atoms with van der Waals surface area (Å²) in [6.07, 6.45) is 0. The largest absolute Gasteiger partial charge is 0.453 e. The Morgan fingerprint density at radius 2 is 1.75 bits per heavy atom. The maximum Gasteiger partial charge on any atom is 0.345 e. The summed E-state index contributed by atoms with van der Waals surface area (Å²) in [7, 11) is 0. The monoisotopic (exact) mass is 384 g/mol. The van der Waals surface area contributed by atoms with Crippen molar-refractivity contribution in [2.75, 3.05) is 11.9 Å². The lowest BCUT2D eigenvalue weighted by molar-refractivity contribution is -0.385. The molecule has 0 fully saturated rings. The minimum atomic E-state index is -0.932. The van der Waals surface area contributed by atoms with E-state index < -0.39 is 23.3 Å². The number of benzene rings is 2. The van der Waals surface area contributed by atoms with E-state index in [-0.39, 0.29) is 28.6 Å². The number of hydrogen-bond donors (Lipinski definition) is 1. The molecule has 0 saturated carbocycles. The van der Waals surface area contributed by atoms with E-state index in [0.29, 0.717) is 11.3 Å². The first-order valence-corrected chi connectivity index (χ1v) is 8.56. The third-order valence-corrected chi connectivity index (χ3v) is 3.98. The minimum Gasteiger partial charge on any atom is -0.453 e. The Hall–Kier alpha value is -3.55. The highest BCUT2D eigenvalue weighted by Crippen LogP contribution is 2.23. The van der Waals surface area contributed by atoms with Crippen molar-refractivity contribution < 1.29 is 24.0 Å². The minimum absolute atomic E-state index is 0.146. The Balaban J connectivity index is 2.04. The summed E-state index contributed by atoms with van der Waals surface area (Å²) in [6.45, 7) is 4.53. The van der Waals surface area contributed by atoms with Crippen LogP contribution in [0, 0.1) is 23.0 Å². The molecular formula is C20H20N2O6. The van der Waals surface area contributed by atoms with Crippen molar-refractivity contribution in [3.63, 3.8) is 0 Å². The fourth-order valence-electron chi connectivity index (χ4n) is 2.38. The zero-order valence-electron chi connectivity index (χ0n) is 15.7. The molecule has 1 N–H and O–H groups in total. The molecule has 8 nitrogen and oxygen atoms in total. The topological polar surface area (TPSA) is 116 Å². The summed E-state index contributed by atoms with van der Waals surface area (Å²) >= 11 is 0. The van der Waals surface area contributed by atoms with Crippen LogP contribution in [0.25, 0.3) is 0 Å². The molecule has 0 bridgehead atoms. The molecule has 0 aliphatic rings. The summed E-state index contributed by atoms with van der Waals surface area (Å²) in [5.41, 5.74) is 0.670. The Bertz CT molecular complexity index is 919. The van der Waals surface area contributed by atoms with Gasteiger partial charge in [-0.3, -0.25) is 19.7 Å². The zero-order chi connectivity index (χ0) is 20.8. The van der Waals surface area contributed by atoms with Crippen molar-refractivity contribution >= 4 is 29.0 Å². The second-order valence-corrected chi connectivity index (χ2v) is 6.45. The van der Waals surface area contributed by atoms with Crippen molar-refractivity contribution in [1.82, 2.24) is 0 Å². The molecule has 0 saturated heterocycles. The maximum atomic E-state index is 12.2. The molecule has 0 aliphatic carbocycles. The van der Waals surface area contributed by atoms with Gasteiger partial charge in [0.05, 0.1) is 4.92 Å². The zero-order valence-corrected chi connectivity index (χ0v) is 15.7. The second-order valence-electron chi connectivity index (χ2n) is 6.45. The SMILES string of the molecule is Cc1cccc([N+](=O)[O-])c1C(=O)OCC(=O)c1ccc(NC(=O)C(C)C)cc1. The number of nitro benzene ring substituents is 1. The Kier molecular flexibility index (Phi) is 6.59. The van der Waals surface area contributed by atoms with Gasteiger partial charge in [-0.15, -0.1) is 0 Å². The van der Waals surface area contributed by atoms with E-state index in [9.17, 15) is 24.5 Å². The van der Waals surface area contributed by atoms with Gasteiger partial charge in [-0.1, -0.05) is 26.0 Å². The van der Waals surface area contributed by atoms with Crippen molar-refractivity contribution in [2.24, 2.45) is 5.92 Å². The lowest BCUT2D eigenvalue weighted by Gasteiger charge is -2.09. The van der Waals surface area contributed by atoms with Crippen LogP contribution in [-0.2, 0) is 9.53 Å². The second kappa shape index (κ2) is 8.90. The fourth-order valence-corrected chi connectivity index (χ4v) is 2.38. The standard InChI is InChI=1S/C20H20N2O6/c1-12(2)19(24)21-15-9-7-14(8-10-15)17(23)11-28-20(25)18-13(3)5-4-6-16(18)22(26)27/h4-10,12H,11H2,1-3H3,(H,21,24). The molecule has 0 atom stereocenters. The number of hydrogen-bond acceptors (Lipinski definition) is 6. The van der Waals surface area contributed by atoms with Crippen molar-refractivity contribution in [3.8, 4) is 0 Å². The number of Topliss-reactive ketones (excluding diaryl/α,β-unsaturated/α-hetero) is 1. The Morgan fingerprint density at radius 1 is 1.11 bits per heavy atom. The quantitative estimate of drug-likeness (QED) is 0.338. The van der Waals surface area contributed by atoms with Crippen LogP contribution in [0.2, 0.25) is 0 Å². The van der Waals surface area contributed by atoms with E-state index in [0.717, 1.165) is 0 Å². The first-order valence-electron chi connectivity index (χ1n) is 8.56. The molecule has 0 unspecified atom stereocenters. The number of anilines is 1. The summed E-state index contributed by atoms with van der Waals surface area (Å²) in [6, 6.07) is 10.4. The summed E-state index contributed by atoms with van der Waals surface area (Å²) < 4.78 is 4.98. The Labute approximate surface area is 161 Å². The highest BCUT2D eigenvalue weighted by Gasteiger charge is 2.24. The van der Waals surface area contributed by atoms with E-state index in [1.165, 1.54) is 24.3 Å². The number of rotatable bonds is 7. The molecule has 0 heterocycles. The molecule has 2 rings (SSSR count). The summed E-state index contributed by atoms with van der Waals surface area (Å²) in [5.74, 6) is -1.72. The molecule has 2 aromatic rings. The normalized spacial score (nSPS) is 10.4. The third-order valence-electron chi connectivity index (χ3n) is 3.98. The van der Waals surface area contributed by atoms with Crippen LogP contribution in [0.15, 0.2) is 42.5 Å². The summed E-state index contributed by atoms with van der Waals surface area (Å²) in [5, 5.41) is 13.8. The number of ketones is 1. The Morgan fingerprint density at radius 3 is 2.32 bits per heavy atom. The van der Waals surface area contributed by atoms with Crippen LogP contribution >= 0.6 is 0 Å². The molecular weight excluding hydrogens is 364 g/mol. The van der Waals surface area contributed by atoms with Crippen molar-refractivity contribution in [2.45, 2.75) is 20.8 Å². The third kappa shape index (κ3) is 5.00. The number of nitro groups is 1. The number of nitrogens with zero attached hydrogens (tertiary/aromatic N) is 1. The van der Waals surface area contributed by atoms with E-state index in [2.05, 4.69) is 5.32 Å². The van der Waals surface area contributed by atoms with Gasteiger partial charge in [0, 0.05) is 23.2 Å². The first-order chi connectivity index (χ1) is 13.2.